The van der Waals surface area contributed by atoms with Crippen LogP contribution >= 0.6 is 0 Å². The number of likely N-dealkylation sites (tertiary alicyclic amines) is 1. The zero-order chi connectivity index (χ0) is 24.3. The summed E-state index contributed by atoms with van der Waals surface area (Å²) in [5, 5.41) is 0. The number of rotatable bonds is 8. The van der Waals surface area contributed by atoms with Crippen molar-refractivity contribution in [2.45, 2.75) is 51.4 Å². The van der Waals surface area contributed by atoms with Crippen LogP contribution in [0.5, 0.6) is 11.5 Å². The van der Waals surface area contributed by atoms with Crippen molar-refractivity contribution in [1.29, 1.82) is 0 Å². The van der Waals surface area contributed by atoms with E-state index in [2.05, 4.69) is 11.5 Å². The van der Waals surface area contributed by atoms with Gasteiger partial charge in [-0.3, -0.25) is 4.79 Å². The summed E-state index contributed by atoms with van der Waals surface area (Å²) in [6.45, 7) is 2.15. The fourth-order valence-electron chi connectivity index (χ4n) is 4.56. The number of nitrogens with zero attached hydrogens (tertiary/aromatic N) is 3. The van der Waals surface area contributed by atoms with E-state index in [0.717, 1.165) is 41.8 Å². The van der Waals surface area contributed by atoms with E-state index >= 15 is 0 Å². The minimum atomic E-state index is -4.43. The molecule has 1 fully saturated rings. The van der Waals surface area contributed by atoms with Crippen molar-refractivity contribution < 1.29 is 27.4 Å². The number of fused-ring (bicyclic) bond motifs is 1. The highest BCUT2D eigenvalue weighted by Gasteiger charge is 2.33. The molecule has 0 saturated carbocycles. The molecule has 1 aliphatic heterocycles. The Labute approximate surface area is 196 Å². The SMILES string of the molecule is CCn1c(C2CCCN2C(=O)CCc2ccc(OCC(F)(F)F)c(OC)c2)nc2ccccc21. The zero-order valence-electron chi connectivity index (χ0n) is 19.3. The number of ether oxygens (including phenoxy) is 2. The number of alkyl halides is 3. The molecule has 6 nitrogen and oxygen atoms in total. The molecule has 2 aromatic carbocycles. The molecular weight excluding hydrogens is 447 g/mol. The Morgan fingerprint density at radius 3 is 2.71 bits per heavy atom. The van der Waals surface area contributed by atoms with Crippen molar-refractivity contribution in [3.05, 3.63) is 53.9 Å². The molecule has 0 aliphatic carbocycles. The Kier molecular flexibility index (Phi) is 7.00. The lowest BCUT2D eigenvalue weighted by molar-refractivity contribution is -0.153. The normalized spacial score (nSPS) is 16.3. The lowest BCUT2D eigenvalue weighted by atomic mass is 10.1. The maximum Gasteiger partial charge on any atom is 0.422 e. The van der Waals surface area contributed by atoms with Gasteiger partial charge in [0.2, 0.25) is 5.91 Å². The molecule has 0 bridgehead atoms. The lowest BCUT2D eigenvalue weighted by Gasteiger charge is -2.25. The van der Waals surface area contributed by atoms with Gasteiger partial charge in [0.1, 0.15) is 5.82 Å². The first-order valence-corrected chi connectivity index (χ1v) is 11.4. The molecule has 0 N–H and O–H groups in total. The molecule has 2 heterocycles. The Hall–Kier alpha value is -3.23. The summed E-state index contributed by atoms with van der Waals surface area (Å²) in [6.07, 6.45) is -1.91. The molecule has 1 atom stereocenters. The molecule has 4 rings (SSSR count). The van der Waals surface area contributed by atoms with E-state index in [-0.39, 0.29) is 29.9 Å². The van der Waals surface area contributed by atoms with Gasteiger partial charge in [-0.15, -0.1) is 0 Å². The van der Waals surface area contributed by atoms with Crippen molar-refractivity contribution in [2.24, 2.45) is 0 Å². The van der Waals surface area contributed by atoms with Gasteiger partial charge in [-0.1, -0.05) is 18.2 Å². The average molecular weight is 476 g/mol. The van der Waals surface area contributed by atoms with E-state index in [1.165, 1.54) is 13.2 Å². The molecular formula is C25H28F3N3O3. The minimum absolute atomic E-state index is 0.0213. The maximum atomic E-state index is 13.2. The molecule has 0 spiro atoms. The second-order valence-corrected chi connectivity index (χ2v) is 8.34. The quantitative estimate of drug-likeness (QED) is 0.444. The van der Waals surface area contributed by atoms with E-state index in [1.807, 2.05) is 29.2 Å². The van der Waals surface area contributed by atoms with E-state index in [0.29, 0.717) is 13.0 Å². The standard InChI is InChI=1S/C25H28F3N3O3/c1-3-30-19-8-5-4-7-18(19)29-24(30)20-9-6-14-31(20)23(32)13-11-17-10-12-21(22(15-17)33-2)34-16-25(26,27)28/h4-5,7-8,10,12,15,20H,3,6,9,11,13-14,16H2,1-2H3. The highest BCUT2D eigenvalue weighted by Crippen LogP contribution is 2.35. The van der Waals surface area contributed by atoms with Crippen molar-refractivity contribution in [1.82, 2.24) is 14.5 Å². The molecule has 1 aromatic heterocycles. The van der Waals surface area contributed by atoms with Crippen LogP contribution in [0.3, 0.4) is 0 Å². The molecule has 3 aromatic rings. The Morgan fingerprint density at radius 2 is 1.97 bits per heavy atom. The van der Waals surface area contributed by atoms with Crippen molar-refractivity contribution >= 4 is 16.9 Å². The Bertz CT molecular complexity index is 1160. The maximum absolute atomic E-state index is 13.2. The number of carbonyl (C=O) groups excluding carboxylic acids is 1. The summed E-state index contributed by atoms with van der Waals surface area (Å²) in [4.78, 5) is 19.9. The monoisotopic (exact) mass is 475 g/mol. The predicted molar refractivity (Wildman–Crippen MR) is 122 cm³/mol. The topological polar surface area (TPSA) is 56.6 Å². The van der Waals surface area contributed by atoms with Crippen molar-refractivity contribution in [3.8, 4) is 11.5 Å². The summed E-state index contributed by atoms with van der Waals surface area (Å²) < 4.78 is 49.6. The number of methoxy groups -OCH3 is 1. The van der Waals surface area contributed by atoms with Crippen LogP contribution in [0.15, 0.2) is 42.5 Å². The van der Waals surface area contributed by atoms with Crippen LogP contribution in [0, 0.1) is 0 Å². The van der Waals surface area contributed by atoms with Gasteiger partial charge in [0.15, 0.2) is 18.1 Å². The van der Waals surface area contributed by atoms with Crippen molar-refractivity contribution in [3.63, 3.8) is 0 Å². The Morgan fingerprint density at radius 1 is 1.18 bits per heavy atom. The molecule has 34 heavy (non-hydrogen) atoms. The third-order valence-corrected chi connectivity index (χ3v) is 6.12. The summed E-state index contributed by atoms with van der Waals surface area (Å²) >= 11 is 0. The number of benzene rings is 2. The van der Waals surface area contributed by atoms with Gasteiger partial charge in [0.05, 0.1) is 24.2 Å². The van der Waals surface area contributed by atoms with Gasteiger partial charge in [0.25, 0.3) is 0 Å². The van der Waals surface area contributed by atoms with Crippen LogP contribution in [-0.2, 0) is 17.8 Å². The zero-order valence-corrected chi connectivity index (χ0v) is 19.3. The second kappa shape index (κ2) is 9.95. The molecule has 1 unspecified atom stereocenters. The van der Waals surface area contributed by atoms with Crippen LogP contribution < -0.4 is 9.47 Å². The Balaban J connectivity index is 1.45. The fourth-order valence-corrected chi connectivity index (χ4v) is 4.56. The molecule has 0 radical (unpaired) electrons. The predicted octanol–water partition coefficient (Wildman–Crippen LogP) is 5.30. The second-order valence-electron chi connectivity index (χ2n) is 8.34. The molecule has 182 valence electrons. The number of hydrogen-bond donors (Lipinski definition) is 0. The molecule has 1 aliphatic rings. The summed E-state index contributed by atoms with van der Waals surface area (Å²) in [5.74, 6) is 1.19. The smallest absolute Gasteiger partial charge is 0.422 e. The van der Waals surface area contributed by atoms with Gasteiger partial charge >= 0.3 is 6.18 Å². The van der Waals surface area contributed by atoms with Gasteiger partial charge < -0.3 is 18.9 Å². The van der Waals surface area contributed by atoms with Crippen LogP contribution in [0.1, 0.15) is 43.6 Å². The first-order valence-electron chi connectivity index (χ1n) is 11.4. The number of aryl methyl sites for hydroxylation is 2. The highest BCUT2D eigenvalue weighted by molar-refractivity contribution is 5.78. The number of carbonyl (C=O) groups is 1. The number of imidazole rings is 1. The van der Waals surface area contributed by atoms with E-state index in [4.69, 9.17) is 14.5 Å². The fraction of sp³-hybridized carbons (Fsp3) is 0.440. The third kappa shape index (κ3) is 5.13. The van der Waals surface area contributed by atoms with Crippen LogP contribution in [-0.4, -0.2) is 46.8 Å². The van der Waals surface area contributed by atoms with Gasteiger partial charge in [0, 0.05) is 19.5 Å². The van der Waals surface area contributed by atoms with E-state index in [1.54, 1.807) is 12.1 Å². The van der Waals surface area contributed by atoms with E-state index in [9.17, 15) is 18.0 Å². The van der Waals surface area contributed by atoms with Gasteiger partial charge in [-0.2, -0.15) is 13.2 Å². The number of halogens is 3. The average Bonchev–Trinajstić information content (AvgIpc) is 3.45. The number of hydrogen-bond acceptors (Lipinski definition) is 4. The lowest BCUT2D eigenvalue weighted by Crippen LogP contribution is -2.32. The molecule has 1 amide bonds. The summed E-state index contributed by atoms with van der Waals surface area (Å²) in [5.41, 5.74) is 2.79. The van der Waals surface area contributed by atoms with Gasteiger partial charge in [-0.25, -0.2) is 4.98 Å². The number of amides is 1. The first kappa shape index (κ1) is 23.9. The van der Waals surface area contributed by atoms with Crippen molar-refractivity contribution in [2.75, 3.05) is 20.3 Å². The number of para-hydroxylation sites is 2. The molecule has 1 saturated heterocycles. The number of aromatic nitrogens is 2. The first-order chi connectivity index (χ1) is 16.3. The minimum Gasteiger partial charge on any atom is -0.493 e. The van der Waals surface area contributed by atoms with Gasteiger partial charge in [-0.05, 0) is 56.0 Å². The van der Waals surface area contributed by atoms with Crippen LogP contribution in [0.25, 0.3) is 11.0 Å². The summed E-state index contributed by atoms with van der Waals surface area (Å²) in [7, 11) is 1.37. The largest absolute Gasteiger partial charge is 0.493 e. The highest BCUT2D eigenvalue weighted by atomic mass is 19.4. The van der Waals surface area contributed by atoms with Crippen LogP contribution in [0.4, 0.5) is 13.2 Å². The third-order valence-electron chi connectivity index (χ3n) is 6.12. The van der Waals surface area contributed by atoms with Crippen LogP contribution in [0.2, 0.25) is 0 Å². The summed E-state index contributed by atoms with van der Waals surface area (Å²) in [6, 6.07) is 12.7. The molecule has 9 heteroatoms. The van der Waals surface area contributed by atoms with E-state index < -0.39 is 12.8 Å².